The van der Waals surface area contributed by atoms with Crippen LogP contribution in [0.4, 0.5) is 21.6 Å². The number of para-hydroxylation sites is 1. The summed E-state index contributed by atoms with van der Waals surface area (Å²) in [5.74, 6) is 0.112. The van der Waals surface area contributed by atoms with E-state index in [1.807, 2.05) is 18.2 Å². The van der Waals surface area contributed by atoms with E-state index in [9.17, 15) is 9.18 Å². The van der Waals surface area contributed by atoms with Crippen molar-refractivity contribution >= 4 is 23.1 Å². The molecule has 0 aliphatic carbocycles. The number of amides is 1. The molecule has 0 radical (unpaired) electrons. The van der Waals surface area contributed by atoms with E-state index in [1.54, 1.807) is 30.5 Å². The summed E-state index contributed by atoms with van der Waals surface area (Å²) >= 11 is 0. The first kappa shape index (κ1) is 18.0. The molecule has 28 heavy (non-hydrogen) atoms. The van der Waals surface area contributed by atoms with Crippen LogP contribution in [0.25, 0.3) is 0 Å². The van der Waals surface area contributed by atoms with Crippen LogP contribution in [0.1, 0.15) is 10.4 Å². The quantitative estimate of drug-likeness (QED) is 0.753. The number of carbonyl (C=O) groups is 1. The minimum absolute atomic E-state index is 0.280. The SMILES string of the molecule is O=C(Nc1cccc(F)c1)c1ccnc(N2CCN(c3ccccc3)CC2)c1. The Kier molecular flexibility index (Phi) is 5.19. The lowest BCUT2D eigenvalue weighted by Gasteiger charge is -2.36. The smallest absolute Gasteiger partial charge is 0.255 e. The Bertz CT molecular complexity index is 956. The molecule has 4 rings (SSSR count). The zero-order chi connectivity index (χ0) is 19.3. The fraction of sp³-hybridized carbons (Fsp3) is 0.182. The summed E-state index contributed by atoms with van der Waals surface area (Å²) in [4.78, 5) is 21.5. The number of nitrogens with one attached hydrogen (secondary N) is 1. The Morgan fingerprint density at radius 2 is 1.64 bits per heavy atom. The molecule has 6 heteroatoms. The fourth-order valence-electron chi connectivity index (χ4n) is 3.33. The van der Waals surface area contributed by atoms with Crippen LogP contribution in [0.5, 0.6) is 0 Å². The molecule has 1 fully saturated rings. The first-order valence-corrected chi connectivity index (χ1v) is 9.27. The van der Waals surface area contributed by atoms with Gasteiger partial charge < -0.3 is 15.1 Å². The Morgan fingerprint density at radius 1 is 0.893 bits per heavy atom. The van der Waals surface area contributed by atoms with Gasteiger partial charge in [0.1, 0.15) is 11.6 Å². The first-order chi connectivity index (χ1) is 13.7. The average molecular weight is 376 g/mol. The summed E-state index contributed by atoms with van der Waals surface area (Å²) in [6, 6.07) is 19.7. The lowest BCUT2D eigenvalue weighted by molar-refractivity contribution is 0.102. The summed E-state index contributed by atoms with van der Waals surface area (Å²) in [5.41, 5.74) is 2.15. The third-order valence-electron chi connectivity index (χ3n) is 4.82. The highest BCUT2D eigenvalue weighted by atomic mass is 19.1. The van der Waals surface area contributed by atoms with Gasteiger partial charge in [0.2, 0.25) is 0 Å². The Balaban J connectivity index is 1.42. The summed E-state index contributed by atoms with van der Waals surface area (Å²) in [7, 11) is 0. The number of halogens is 1. The minimum Gasteiger partial charge on any atom is -0.368 e. The van der Waals surface area contributed by atoms with E-state index in [0.717, 1.165) is 32.0 Å². The second-order valence-electron chi connectivity index (χ2n) is 6.68. The molecule has 1 amide bonds. The summed E-state index contributed by atoms with van der Waals surface area (Å²) < 4.78 is 13.3. The number of pyridine rings is 1. The van der Waals surface area contributed by atoms with Gasteiger partial charge in [-0.2, -0.15) is 0 Å². The lowest BCUT2D eigenvalue weighted by Crippen LogP contribution is -2.46. The topological polar surface area (TPSA) is 48.5 Å². The standard InChI is InChI=1S/C22H21FN4O/c23-18-5-4-6-19(16-18)25-22(28)17-9-10-24-21(15-17)27-13-11-26(12-14-27)20-7-2-1-3-8-20/h1-10,15-16H,11-14H2,(H,25,28). The number of hydrogen-bond donors (Lipinski definition) is 1. The van der Waals surface area contributed by atoms with Crippen molar-refractivity contribution in [3.05, 3.63) is 84.3 Å². The normalized spacial score (nSPS) is 14.0. The third kappa shape index (κ3) is 4.11. The second kappa shape index (κ2) is 8.08. The number of aromatic nitrogens is 1. The number of piperazine rings is 1. The summed E-state index contributed by atoms with van der Waals surface area (Å²) in [6.07, 6.45) is 1.64. The van der Waals surface area contributed by atoms with E-state index in [1.165, 1.54) is 17.8 Å². The van der Waals surface area contributed by atoms with Gasteiger partial charge in [-0.25, -0.2) is 9.37 Å². The molecular weight excluding hydrogens is 355 g/mol. The fourth-order valence-corrected chi connectivity index (χ4v) is 3.33. The number of hydrogen-bond acceptors (Lipinski definition) is 4. The van der Waals surface area contributed by atoms with Crippen molar-refractivity contribution in [1.29, 1.82) is 0 Å². The highest BCUT2D eigenvalue weighted by molar-refractivity contribution is 6.04. The molecule has 1 N–H and O–H groups in total. The maximum absolute atomic E-state index is 13.3. The van der Waals surface area contributed by atoms with E-state index in [4.69, 9.17) is 0 Å². The van der Waals surface area contributed by atoms with Gasteiger partial charge in [-0.15, -0.1) is 0 Å². The van der Waals surface area contributed by atoms with Crippen LogP contribution in [0.2, 0.25) is 0 Å². The van der Waals surface area contributed by atoms with Gasteiger partial charge in [-0.05, 0) is 42.5 Å². The van der Waals surface area contributed by atoms with Gasteiger partial charge in [-0.3, -0.25) is 4.79 Å². The first-order valence-electron chi connectivity index (χ1n) is 9.27. The molecule has 1 aliphatic heterocycles. The molecule has 2 heterocycles. The van der Waals surface area contributed by atoms with E-state index in [0.29, 0.717) is 11.3 Å². The van der Waals surface area contributed by atoms with E-state index in [-0.39, 0.29) is 11.7 Å². The summed E-state index contributed by atoms with van der Waals surface area (Å²) in [6.45, 7) is 3.45. The van der Waals surface area contributed by atoms with E-state index in [2.05, 4.69) is 32.2 Å². The predicted octanol–water partition coefficient (Wildman–Crippen LogP) is 3.80. The molecule has 0 saturated carbocycles. The average Bonchev–Trinajstić information content (AvgIpc) is 2.75. The maximum Gasteiger partial charge on any atom is 0.255 e. The number of rotatable bonds is 4. The molecule has 3 aromatic rings. The monoisotopic (exact) mass is 376 g/mol. The van der Waals surface area contributed by atoms with Crippen molar-refractivity contribution in [2.45, 2.75) is 0 Å². The molecule has 0 bridgehead atoms. The highest BCUT2D eigenvalue weighted by Crippen LogP contribution is 2.20. The van der Waals surface area contributed by atoms with Crippen LogP contribution >= 0.6 is 0 Å². The highest BCUT2D eigenvalue weighted by Gasteiger charge is 2.19. The maximum atomic E-state index is 13.3. The van der Waals surface area contributed by atoms with Crippen LogP contribution < -0.4 is 15.1 Å². The van der Waals surface area contributed by atoms with Crippen molar-refractivity contribution in [2.24, 2.45) is 0 Å². The minimum atomic E-state index is -0.385. The predicted molar refractivity (Wildman–Crippen MR) is 109 cm³/mol. The Labute approximate surface area is 163 Å². The van der Waals surface area contributed by atoms with Gasteiger partial charge >= 0.3 is 0 Å². The molecule has 0 atom stereocenters. The zero-order valence-corrected chi connectivity index (χ0v) is 15.4. The number of anilines is 3. The van der Waals surface area contributed by atoms with Crippen molar-refractivity contribution in [3.63, 3.8) is 0 Å². The van der Waals surface area contributed by atoms with Gasteiger partial charge in [0.25, 0.3) is 5.91 Å². The molecule has 142 valence electrons. The lowest BCUT2D eigenvalue weighted by atomic mass is 10.2. The van der Waals surface area contributed by atoms with Crippen LogP contribution in [0, 0.1) is 5.82 Å². The van der Waals surface area contributed by atoms with Gasteiger partial charge in [0.05, 0.1) is 0 Å². The number of benzene rings is 2. The molecule has 1 aromatic heterocycles. The molecule has 0 spiro atoms. The van der Waals surface area contributed by atoms with Gasteiger partial charge in [-0.1, -0.05) is 24.3 Å². The van der Waals surface area contributed by atoms with Crippen LogP contribution in [-0.2, 0) is 0 Å². The molecule has 1 aliphatic rings. The van der Waals surface area contributed by atoms with Crippen molar-refractivity contribution < 1.29 is 9.18 Å². The molecular formula is C22H21FN4O. The zero-order valence-electron chi connectivity index (χ0n) is 15.4. The summed E-state index contributed by atoms with van der Waals surface area (Å²) in [5, 5.41) is 2.72. The van der Waals surface area contributed by atoms with Crippen molar-refractivity contribution in [3.8, 4) is 0 Å². The van der Waals surface area contributed by atoms with E-state index < -0.39 is 0 Å². The molecule has 0 unspecified atom stereocenters. The Morgan fingerprint density at radius 3 is 2.39 bits per heavy atom. The van der Waals surface area contributed by atoms with Crippen LogP contribution in [0.3, 0.4) is 0 Å². The van der Waals surface area contributed by atoms with E-state index >= 15 is 0 Å². The van der Waals surface area contributed by atoms with Crippen LogP contribution in [0.15, 0.2) is 72.9 Å². The molecule has 5 nitrogen and oxygen atoms in total. The number of carbonyl (C=O) groups excluding carboxylic acids is 1. The Hall–Kier alpha value is -3.41. The van der Waals surface area contributed by atoms with Crippen molar-refractivity contribution in [1.82, 2.24) is 4.98 Å². The van der Waals surface area contributed by atoms with Crippen LogP contribution in [-0.4, -0.2) is 37.1 Å². The van der Waals surface area contributed by atoms with Gasteiger partial charge in [0.15, 0.2) is 0 Å². The third-order valence-corrected chi connectivity index (χ3v) is 4.82. The van der Waals surface area contributed by atoms with Gasteiger partial charge in [0, 0.05) is 49.3 Å². The molecule has 2 aromatic carbocycles. The number of nitrogens with zero attached hydrogens (tertiary/aromatic N) is 3. The van der Waals surface area contributed by atoms with Crippen molar-refractivity contribution in [2.75, 3.05) is 41.3 Å². The largest absolute Gasteiger partial charge is 0.368 e. The second-order valence-corrected chi connectivity index (χ2v) is 6.68. The molecule has 1 saturated heterocycles.